The number of carbonyl (C=O) groups excluding carboxylic acids is 1. The van der Waals surface area contributed by atoms with Crippen molar-refractivity contribution >= 4 is 33.5 Å². The average Bonchev–Trinajstić information content (AvgIpc) is 3.12. The highest BCUT2D eigenvalue weighted by atomic mass is 32.1. The Labute approximate surface area is 137 Å². The van der Waals surface area contributed by atoms with Gasteiger partial charge in [0.05, 0.1) is 16.8 Å². The summed E-state index contributed by atoms with van der Waals surface area (Å²) in [7, 11) is 1.63. The fourth-order valence-electron chi connectivity index (χ4n) is 2.13. The number of aromatic nitrogens is 4. The van der Waals surface area contributed by atoms with E-state index in [9.17, 15) is 4.79 Å². The Hall–Kier alpha value is -2.54. The van der Waals surface area contributed by atoms with E-state index >= 15 is 0 Å². The number of hydrogen-bond acceptors (Lipinski definition) is 5. The lowest BCUT2D eigenvalue weighted by molar-refractivity contribution is 0.0967. The minimum absolute atomic E-state index is 0.101. The summed E-state index contributed by atoms with van der Waals surface area (Å²) in [5.74, 6) is 0.950. The van der Waals surface area contributed by atoms with Gasteiger partial charge >= 0.3 is 0 Å². The molecule has 0 atom stereocenters. The van der Waals surface area contributed by atoms with Gasteiger partial charge in [0.25, 0.3) is 5.91 Å². The zero-order valence-corrected chi connectivity index (χ0v) is 14.0. The van der Waals surface area contributed by atoms with Crippen molar-refractivity contribution in [1.82, 2.24) is 25.1 Å². The third-order valence-electron chi connectivity index (χ3n) is 3.24. The third kappa shape index (κ3) is 3.00. The summed E-state index contributed by atoms with van der Waals surface area (Å²) in [6.07, 6.45) is 8.97. The normalized spacial score (nSPS) is 11.7. The van der Waals surface area contributed by atoms with Crippen molar-refractivity contribution in [2.45, 2.75) is 13.8 Å². The number of carbonyl (C=O) groups is 1. The number of nitrogens with one attached hydrogen (secondary N) is 1. The Kier molecular flexibility index (Phi) is 4.20. The van der Waals surface area contributed by atoms with Crippen LogP contribution < -0.4 is 5.32 Å². The Bertz CT molecular complexity index is 863. The Morgan fingerprint density at radius 3 is 2.87 bits per heavy atom. The predicted octanol–water partition coefficient (Wildman–Crippen LogP) is 2.91. The summed E-state index contributed by atoms with van der Waals surface area (Å²) < 4.78 is 1.74. The molecule has 23 heavy (non-hydrogen) atoms. The van der Waals surface area contributed by atoms with E-state index in [2.05, 4.69) is 40.3 Å². The van der Waals surface area contributed by atoms with Gasteiger partial charge in [-0.2, -0.15) is 5.10 Å². The van der Waals surface area contributed by atoms with E-state index in [1.165, 1.54) is 11.3 Å². The van der Waals surface area contributed by atoms with Crippen molar-refractivity contribution in [2.75, 3.05) is 7.05 Å². The first kappa shape index (κ1) is 15.4. The second-order valence-electron chi connectivity index (χ2n) is 5.37. The van der Waals surface area contributed by atoms with Crippen LogP contribution in [0.25, 0.3) is 22.1 Å². The first-order valence-electron chi connectivity index (χ1n) is 7.29. The molecule has 0 fully saturated rings. The van der Waals surface area contributed by atoms with Gasteiger partial charge in [-0.25, -0.2) is 9.67 Å². The number of thiophene rings is 1. The standard InChI is InChI=1S/C16H17N5OS/c1-10(2)4-5-12-11-8-13(15(22)17-3)23-16(11)21(20-12)14-9-18-6-7-19-14/h4-10H,1-3H3,(H,17,22)/b5-4+. The molecule has 3 aromatic heterocycles. The van der Waals surface area contributed by atoms with Crippen LogP contribution in [0.3, 0.4) is 0 Å². The minimum Gasteiger partial charge on any atom is -0.354 e. The molecule has 7 heteroatoms. The Balaban J connectivity index is 2.19. The zero-order chi connectivity index (χ0) is 16.4. The molecule has 3 heterocycles. The van der Waals surface area contributed by atoms with E-state index in [0.29, 0.717) is 16.6 Å². The van der Waals surface area contributed by atoms with Gasteiger partial charge in [-0.15, -0.1) is 11.3 Å². The summed E-state index contributed by atoms with van der Waals surface area (Å²) in [5, 5.41) is 8.22. The van der Waals surface area contributed by atoms with Gasteiger partial charge in [-0.3, -0.25) is 9.78 Å². The van der Waals surface area contributed by atoms with Crippen LogP contribution in [0.5, 0.6) is 0 Å². The molecular weight excluding hydrogens is 310 g/mol. The van der Waals surface area contributed by atoms with Crippen molar-refractivity contribution in [3.63, 3.8) is 0 Å². The second kappa shape index (κ2) is 6.29. The van der Waals surface area contributed by atoms with Gasteiger partial charge < -0.3 is 5.32 Å². The molecule has 0 saturated heterocycles. The molecule has 0 aliphatic heterocycles. The van der Waals surface area contributed by atoms with E-state index in [0.717, 1.165) is 15.9 Å². The van der Waals surface area contributed by atoms with Gasteiger partial charge in [0.2, 0.25) is 0 Å². The Morgan fingerprint density at radius 1 is 1.39 bits per heavy atom. The molecule has 3 rings (SSSR count). The molecule has 0 aromatic carbocycles. The van der Waals surface area contributed by atoms with Crippen LogP contribution in [-0.2, 0) is 0 Å². The van der Waals surface area contributed by atoms with Crippen LogP contribution in [0.2, 0.25) is 0 Å². The van der Waals surface area contributed by atoms with Crippen molar-refractivity contribution < 1.29 is 4.79 Å². The maximum absolute atomic E-state index is 11.9. The lowest BCUT2D eigenvalue weighted by atomic mass is 10.2. The van der Waals surface area contributed by atoms with Crippen LogP contribution in [0.1, 0.15) is 29.2 Å². The monoisotopic (exact) mass is 327 g/mol. The second-order valence-corrected chi connectivity index (χ2v) is 6.40. The van der Waals surface area contributed by atoms with Gasteiger partial charge in [0.15, 0.2) is 5.82 Å². The fourth-order valence-corrected chi connectivity index (χ4v) is 3.20. The van der Waals surface area contributed by atoms with Gasteiger partial charge in [0.1, 0.15) is 4.83 Å². The van der Waals surface area contributed by atoms with Gasteiger partial charge in [0, 0.05) is 24.8 Å². The van der Waals surface area contributed by atoms with Crippen molar-refractivity contribution in [1.29, 1.82) is 0 Å². The first-order valence-corrected chi connectivity index (χ1v) is 8.11. The molecule has 1 amide bonds. The summed E-state index contributed by atoms with van der Waals surface area (Å²) in [6, 6.07) is 1.87. The highest BCUT2D eigenvalue weighted by Gasteiger charge is 2.17. The van der Waals surface area contributed by atoms with Crippen molar-refractivity contribution in [3.8, 4) is 5.82 Å². The van der Waals surface area contributed by atoms with Crippen molar-refractivity contribution in [3.05, 3.63) is 41.3 Å². The molecule has 0 spiro atoms. The lowest BCUT2D eigenvalue weighted by Crippen LogP contribution is -2.16. The maximum Gasteiger partial charge on any atom is 0.261 e. The highest BCUT2D eigenvalue weighted by Crippen LogP contribution is 2.31. The Morgan fingerprint density at radius 2 is 2.22 bits per heavy atom. The smallest absolute Gasteiger partial charge is 0.261 e. The van der Waals surface area contributed by atoms with Crippen LogP contribution in [-0.4, -0.2) is 32.7 Å². The molecule has 1 N–H and O–H groups in total. The molecule has 118 valence electrons. The predicted molar refractivity (Wildman–Crippen MR) is 91.8 cm³/mol. The number of hydrogen-bond donors (Lipinski definition) is 1. The molecule has 0 aliphatic carbocycles. The topological polar surface area (TPSA) is 72.7 Å². The lowest BCUT2D eigenvalue weighted by Gasteiger charge is -1.99. The number of allylic oxidation sites excluding steroid dienone is 1. The first-order chi connectivity index (χ1) is 11.1. The molecule has 0 aliphatic rings. The highest BCUT2D eigenvalue weighted by molar-refractivity contribution is 7.20. The largest absolute Gasteiger partial charge is 0.354 e. The molecule has 0 radical (unpaired) electrons. The SMILES string of the molecule is CNC(=O)c1cc2c(/C=C/C(C)C)nn(-c3cnccn3)c2s1. The average molecular weight is 327 g/mol. The van der Waals surface area contributed by atoms with Crippen LogP contribution >= 0.6 is 11.3 Å². The number of amides is 1. The molecule has 0 bridgehead atoms. The molecule has 3 aromatic rings. The summed E-state index contributed by atoms with van der Waals surface area (Å²) in [6.45, 7) is 4.22. The van der Waals surface area contributed by atoms with Crippen molar-refractivity contribution in [2.24, 2.45) is 5.92 Å². The van der Waals surface area contributed by atoms with E-state index in [1.54, 1.807) is 30.3 Å². The minimum atomic E-state index is -0.101. The van der Waals surface area contributed by atoms with Crippen LogP contribution in [0.15, 0.2) is 30.7 Å². The number of nitrogens with zero attached hydrogens (tertiary/aromatic N) is 4. The number of fused-ring (bicyclic) bond motifs is 1. The summed E-state index contributed by atoms with van der Waals surface area (Å²) in [5.41, 5.74) is 0.825. The quantitative estimate of drug-likeness (QED) is 0.799. The molecule has 0 saturated carbocycles. The number of rotatable bonds is 4. The summed E-state index contributed by atoms with van der Waals surface area (Å²) >= 11 is 1.39. The molecule has 0 unspecified atom stereocenters. The maximum atomic E-state index is 11.9. The van der Waals surface area contributed by atoms with E-state index in [1.807, 2.05) is 12.1 Å². The summed E-state index contributed by atoms with van der Waals surface area (Å²) in [4.78, 5) is 21.9. The molecular formula is C16H17N5OS. The van der Waals surface area contributed by atoms with Crippen LogP contribution in [0, 0.1) is 5.92 Å². The molecule has 6 nitrogen and oxygen atoms in total. The van der Waals surface area contributed by atoms with Crippen LogP contribution in [0.4, 0.5) is 0 Å². The van der Waals surface area contributed by atoms with Gasteiger partial charge in [-0.1, -0.05) is 19.9 Å². The third-order valence-corrected chi connectivity index (χ3v) is 4.35. The fraction of sp³-hybridized carbons (Fsp3) is 0.250. The van der Waals surface area contributed by atoms with E-state index < -0.39 is 0 Å². The van der Waals surface area contributed by atoms with Gasteiger partial charge in [-0.05, 0) is 18.1 Å². The van der Waals surface area contributed by atoms with E-state index in [4.69, 9.17) is 0 Å². The zero-order valence-electron chi connectivity index (χ0n) is 13.1. The van der Waals surface area contributed by atoms with E-state index in [-0.39, 0.29) is 5.91 Å².